The highest BCUT2D eigenvalue weighted by Crippen LogP contribution is 2.14. The number of nitrogens with zero attached hydrogens (tertiary/aromatic N) is 1. The number of nitrogens with one attached hydrogen (secondary N) is 1. The molecule has 1 aromatic carbocycles. The van der Waals surface area contributed by atoms with Crippen molar-refractivity contribution in [2.24, 2.45) is 0 Å². The van der Waals surface area contributed by atoms with Gasteiger partial charge in [-0.1, -0.05) is 6.92 Å². The molecular weight excluding hydrogens is 280 g/mol. The number of benzene rings is 1. The first kappa shape index (κ1) is 15.8. The Morgan fingerprint density at radius 2 is 1.91 bits per heavy atom. The predicted octanol–water partition coefficient (Wildman–Crippen LogP) is 2.37. The van der Waals surface area contributed by atoms with E-state index < -0.39 is 0 Å². The largest absolute Gasteiger partial charge is 0.497 e. The summed E-state index contributed by atoms with van der Waals surface area (Å²) in [5.74, 6) is 0.527. The van der Waals surface area contributed by atoms with E-state index in [2.05, 4.69) is 5.32 Å². The van der Waals surface area contributed by atoms with Crippen LogP contribution in [0.3, 0.4) is 0 Å². The zero-order valence-corrected chi connectivity index (χ0v) is 13.0. The number of pyridine rings is 1. The molecule has 0 radical (unpaired) electrons. The molecule has 1 aromatic heterocycles. The van der Waals surface area contributed by atoms with Crippen LogP contribution in [0.2, 0.25) is 0 Å². The number of carbonyl (C=O) groups is 1. The molecule has 0 aliphatic heterocycles. The summed E-state index contributed by atoms with van der Waals surface area (Å²) in [7, 11) is 1.58. The van der Waals surface area contributed by atoms with Gasteiger partial charge < -0.3 is 10.1 Å². The van der Waals surface area contributed by atoms with Crippen LogP contribution < -0.4 is 15.6 Å². The van der Waals surface area contributed by atoms with E-state index in [1.807, 2.05) is 13.8 Å². The Bertz CT molecular complexity index is 705. The van der Waals surface area contributed by atoms with E-state index in [-0.39, 0.29) is 17.5 Å². The maximum atomic E-state index is 12.2. The molecule has 0 aliphatic carbocycles. The number of aromatic nitrogens is 1. The van der Waals surface area contributed by atoms with Crippen LogP contribution in [0.4, 0.5) is 0 Å². The summed E-state index contributed by atoms with van der Waals surface area (Å²) in [6.45, 7) is 3.95. The molecule has 1 heterocycles. The fourth-order valence-corrected chi connectivity index (χ4v) is 1.98. The third kappa shape index (κ3) is 3.55. The second-order valence-electron chi connectivity index (χ2n) is 5.11. The minimum absolute atomic E-state index is 0.0915. The number of methoxy groups -OCH3 is 1. The van der Waals surface area contributed by atoms with Crippen molar-refractivity contribution in [3.05, 3.63) is 58.5 Å². The van der Waals surface area contributed by atoms with Gasteiger partial charge in [0.15, 0.2) is 0 Å². The molecule has 1 atom stereocenters. The molecule has 2 aromatic rings. The molecule has 1 unspecified atom stereocenters. The molecule has 22 heavy (non-hydrogen) atoms. The van der Waals surface area contributed by atoms with Crippen molar-refractivity contribution in [1.29, 1.82) is 0 Å². The predicted molar refractivity (Wildman–Crippen MR) is 85.8 cm³/mol. The Hall–Kier alpha value is -2.56. The first-order valence-corrected chi connectivity index (χ1v) is 7.23. The Labute approximate surface area is 129 Å². The normalized spacial score (nSPS) is 11.8. The molecule has 1 N–H and O–H groups in total. The van der Waals surface area contributed by atoms with Gasteiger partial charge in [-0.25, -0.2) is 0 Å². The fraction of sp³-hybridized carbons (Fsp3) is 0.294. The number of hydrogen-bond donors (Lipinski definition) is 1. The van der Waals surface area contributed by atoms with Gasteiger partial charge in [-0.15, -0.1) is 0 Å². The number of ether oxygens (including phenoxy) is 1. The SMILES string of the molecule is CCC(C)NC(=O)c1ccc(=O)n(-c2ccc(OC)cc2)c1. The molecule has 0 bridgehead atoms. The summed E-state index contributed by atoms with van der Waals surface area (Å²) < 4.78 is 6.55. The van der Waals surface area contributed by atoms with Gasteiger partial charge in [0, 0.05) is 24.0 Å². The molecule has 0 saturated heterocycles. The Morgan fingerprint density at radius 1 is 1.23 bits per heavy atom. The molecule has 0 aliphatic rings. The molecule has 116 valence electrons. The van der Waals surface area contributed by atoms with Crippen LogP contribution >= 0.6 is 0 Å². The summed E-state index contributed by atoms with van der Waals surface area (Å²) in [6.07, 6.45) is 2.41. The number of amides is 1. The zero-order valence-electron chi connectivity index (χ0n) is 13.0. The van der Waals surface area contributed by atoms with Crippen LogP contribution in [0.15, 0.2) is 47.4 Å². The maximum Gasteiger partial charge on any atom is 0.255 e. The van der Waals surface area contributed by atoms with Gasteiger partial charge in [-0.3, -0.25) is 14.2 Å². The molecule has 0 fully saturated rings. The highest BCUT2D eigenvalue weighted by Gasteiger charge is 2.10. The Morgan fingerprint density at radius 3 is 2.50 bits per heavy atom. The third-order valence-corrected chi connectivity index (χ3v) is 3.51. The lowest BCUT2D eigenvalue weighted by molar-refractivity contribution is 0.0938. The van der Waals surface area contributed by atoms with Gasteiger partial charge in [-0.05, 0) is 43.7 Å². The monoisotopic (exact) mass is 300 g/mol. The molecule has 5 nitrogen and oxygen atoms in total. The van der Waals surface area contributed by atoms with Gasteiger partial charge in [0.2, 0.25) is 0 Å². The third-order valence-electron chi connectivity index (χ3n) is 3.51. The minimum Gasteiger partial charge on any atom is -0.497 e. The van der Waals surface area contributed by atoms with Gasteiger partial charge in [0.1, 0.15) is 5.75 Å². The smallest absolute Gasteiger partial charge is 0.255 e. The summed E-state index contributed by atoms with van der Waals surface area (Å²) in [4.78, 5) is 24.2. The van der Waals surface area contributed by atoms with E-state index in [0.29, 0.717) is 17.0 Å². The summed E-state index contributed by atoms with van der Waals surface area (Å²) >= 11 is 0. The fourth-order valence-electron chi connectivity index (χ4n) is 1.98. The quantitative estimate of drug-likeness (QED) is 0.922. The lowest BCUT2D eigenvalue weighted by atomic mass is 10.2. The molecule has 0 spiro atoms. The summed E-state index contributed by atoms with van der Waals surface area (Å²) in [6, 6.07) is 10.1. The maximum absolute atomic E-state index is 12.2. The van der Waals surface area contributed by atoms with Crippen LogP contribution in [0, 0.1) is 0 Å². The first-order chi connectivity index (χ1) is 10.5. The molecule has 5 heteroatoms. The van der Waals surface area contributed by atoms with E-state index in [4.69, 9.17) is 4.74 Å². The first-order valence-electron chi connectivity index (χ1n) is 7.23. The van der Waals surface area contributed by atoms with Crippen LogP contribution in [-0.2, 0) is 0 Å². The number of hydrogen-bond acceptors (Lipinski definition) is 3. The number of rotatable bonds is 5. The minimum atomic E-state index is -0.190. The van der Waals surface area contributed by atoms with Crippen LogP contribution in [0.5, 0.6) is 5.75 Å². The lowest BCUT2D eigenvalue weighted by Crippen LogP contribution is -2.32. The van der Waals surface area contributed by atoms with Crippen molar-refractivity contribution in [3.8, 4) is 11.4 Å². The summed E-state index contributed by atoms with van der Waals surface area (Å²) in [5, 5.41) is 2.89. The molecular formula is C17H20N2O3. The number of carbonyl (C=O) groups excluding carboxylic acids is 1. The molecule has 2 rings (SSSR count). The highest BCUT2D eigenvalue weighted by atomic mass is 16.5. The van der Waals surface area contributed by atoms with E-state index in [9.17, 15) is 9.59 Å². The van der Waals surface area contributed by atoms with E-state index in [0.717, 1.165) is 6.42 Å². The summed E-state index contributed by atoms with van der Waals surface area (Å²) in [5.41, 5.74) is 0.949. The van der Waals surface area contributed by atoms with E-state index in [1.165, 1.54) is 10.6 Å². The van der Waals surface area contributed by atoms with Crippen LogP contribution in [-0.4, -0.2) is 23.6 Å². The lowest BCUT2D eigenvalue weighted by Gasteiger charge is -2.13. The average molecular weight is 300 g/mol. The van der Waals surface area contributed by atoms with Crippen molar-refractivity contribution in [2.75, 3.05) is 7.11 Å². The second-order valence-corrected chi connectivity index (χ2v) is 5.11. The van der Waals surface area contributed by atoms with Gasteiger partial charge in [-0.2, -0.15) is 0 Å². The van der Waals surface area contributed by atoms with Crippen molar-refractivity contribution >= 4 is 5.91 Å². The van der Waals surface area contributed by atoms with Gasteiger partial charge in [0.25, 0.3) is 11.5 Å². The topological polar surface area (TPSA) is 60.3 Å². The van der Waals surface area contributed by atoms with Crippen molar-refractivity contribution in [1.82, 2.24) is 9.88 Å². The Balaban J connectivity index is 2.33. The molecule has 1 amide bonds. The van der Waals surface area contributed by atoms with Gasteiger partial charge in [0.05, 0.1) is 12.7 Å². The Kier molecular flexibility index (Phi) is 4.99. The van der Waals surface area contributed by atoms with E-state index >= 15 is 0 Å². The van der Waals surface area contributed by atoms with Crippen molar-refractivity contribution < 1.29 is 9.53 Å². The van der Waals surface area contributed by atoms with Crippen molar-refractivity contribution in [2.45, 2.75) is 26.3 Å². The van der Waals surface area contributed by atoms with E-state index in [1.54, 1.807) is 43.6 Å². The average Bonchev–Trinajstić information content (AvgIpc) is 2.55. The zero-order chi connectivity index (χ0) is 16.1. The van der Waals surface area contributed by atoms with Crippen molar-refractivity contribution in [3.63, 3.8) is 0 Å². The van der Waals surface area contributed by atoms with Crippen LogP contribution in [0.25, 0.3) is 5.69 Å². The van der Waals surface area contributed by atoms with Gasteiger partial charge >= 0.3 is 0 Å². The highest BCUT2D eigenvalue weighted by molar-refractivity contribution is 5.94. The standard InChI is InChI=1S/C17H20N2O3/c1-4-12(2)18-17(21)13-5-10-16(20)19(11-13)14-6-8-15(22-3)9-7-14/h5-12H,4H2,1-3H3,(H,18,21). The van der Waals surface area contributed by atoms with Crippen LogP contribution in [0.1, 0.15) is 30.6 Å². The second kappa shape index (κ2) is 6.93. The molecule has 0 saturated carbocycles.